The molecule has 150 valence electrons. The Bertz CT molecular complexity index is 942. The highest BCUT2D eigenvalue weighted by Crippen LogP contribution is 2.27. The molecule has 28 heavy (non-hydrogen) atoms. The second kappa shape index (κ2) is 8.45. The number of carbonyl (C=O) groups is 1. The second-order valence-electron chi connectivity index (χ2n) is 7.61. The summed E-state index contributed by atoms with van der Waals surface area (Å²) in [5, 5.41) is 3.04. The van der Waals surface area contributed by atoms with Crippen LogP contribution in [0.4, 0.5) is 0 Å². The van der Waals surface area contributed by atoms with Crippen LogP contribution in [0.15, 0.2) is 53.4 Å². The van der Waals surface area contributed by atoms with Crippen molar-refractivity contribution in [2.45, 2.75) is 44.6 Å². The number of nitrogens with one attached hydrogen (secondary N) is 1. The Hall–Kier alpha value is -2.18. The van der Waals surface area contributed by atoms with Gasteiger partial charge in [0.05, 0.1) is 16.9 Å². The number of rotatable bonds is 5. The lowest BCUT2D eigenvalue weighted by atomic mass is 9.98. The molecule has 6 heteroatoms. The van der Waals surface area contributed by atoms with Crippen molar-refractivity contribution in [1.82, 2.24) is 9.62 Å². The number of nitrogens with zero attached hydrogens (tertiary/aromatic N) is 1. The zero-order valence-electron chi connectivity index (χ0n) is 16.7. The zero-order valence-corrected chi connectivity index (χ0v) is 17.5. The van der Waals surface area contributed by atoms with Crippen molar-refractivity contribution in [2.75, 3.05) is 13.1 Å². The topological polar surface area (TPSA) is 66.5 Å². The summed E-state index contributed by atoms with van der Waals surface area (Å²) in [5.41, 5.74) is 2.67. The standard InChI is InChI=1S/C22H28N2O3S/c1-16-11-12-17(2)21(14-16)28(26,27)24-13-7-10-20(15-24)22(25)23-18(3)19-8-5-4-6-9-19/h4-6,8-9,11-12,14,18,20H,7,10,13,15H2,1-3H3,(H,23,25)/t18-,20+/m0/s1. The summed E-state index contributed by atoms with van der Waals surface area (Å²) in [6, 6.07) is 15.1. The third-order valence-electron chi connectivity index (χ3n) is 5.37. The Morgan fingerprint density at radius 1 is 1.14 bits per heavy atom. The molecule has 1 fully saturated rings. The number of hydrogen-bond donors (Lipinski definition) is 1. The van der Waals surface area contributed by atoms with Gasteiger partial charge in [-0.15, -0.1) is 0 Å². The highest BCUT2D eigenvalue weighted by Gasteiger charge is 2.34. The molecule has 1 saturated heterocycles. The number of carbonyl (C=O) groups excluding carboxylic acids is 1. The van der Waals surface area contributed by atoms with Crippen molar-refractivity contribution in [3.63, 3.8) is 0 Å². The fourth-order valence-electron chi connectivity index (χ4n) is 3.66. The van der Waals surface area contributed by atoms with Gasteiger partial charge < -0.3 is 5.32 Å². The minimum atomic E-state index is -3.61. The van der Waals surface area contributed by atoms with Crippen molar-refractivity contribution < 1.29 is 13.2 Å². The van der Waals surface area contributed by atoms with Gasteiger partial charge >= 0.3 is 0 Å². The van der Waals surface area contributed by atoms with Gasteiger partial charge in [0.15, 0.2) is 0 Å². The first-order valence-electron chi connectivity index (χ1n) is 9.72. The van der Waals surface area contributed by atoms with E-state index in [1.807, 2.05) is 63.2 Å². The first-order chi connectivity index (χ1) is 13.3. The van der Waals surface area contributed by atoms with Crippen LogP contribution < -0.4 is 5.32 Å². The quantitative estimate of drug-likeness (QED) is 0.834. The van der Waals surface area contributed by atoms with Gasteiger partial charge in [-0.1, -0.05) is 42.5 Å². The van der Waals surface area contributed by atoms with Crippen LogP contribution in [0.1, 0.15) is 42.5 Å². The largest absolute Gasteiger partial charge is 0.349 e. The van der Waals surface area contributed by atoms with E-state index in [1.54, 1.807) is 6.07 Å². The Morgan fingerprint density at radius 2 is 1.86 bits per heavy atom. The average molecular weight is 401 g/mol. The second-order valence-corrected chi connectivity index (χ2v) is 9.52. The van der Waals surface area contributed by atoms with E-state index in [1.165, 1.54) is 4.31 Å². The molecule has 0 unspecified atom stereocenters. The predicted octanol–water partition coefficient (Wildman–Crippen LogP) is 3.58. The van der Waals surface area contributed by atoms with Gasteiger partial charge in [-0.25, -0.2) is 8.42 Å². The number of hydrogen-bond acceptors (Lipinski definition) is 3. The lowest BCUT2D eigenvalue weighted by Gasteiger charge is -2.32. The molecule has 1 heterocycles. The minimum Gasteiger partial charge on any atom is -0.349 e. The monoisotopic (exact) mass is 400 g/mol. The predicted molar refractivity (Wildman–Crippen MR) is 110 cm³/mol. The average Bonchev–Trinajstić information content (AvgIpc) is 2.70. The third kappa shape index (κ3) is 4.45. The van der Waals surface area contributed by atoms with E-state index in [0.717, 1.165) is 16.7 Å². The van der Waals surface area contributed by atoms with E-state index < -0.39 is 10.0 Å². The molecular weight excluding hydrogens is 372 g/mol. The van der Waals surface area contributed by atoms with Crippen LogP contribution in [-0.2, 0) is 14.8 Å². The van der Waals surface area contributed by atoms with Gasteiger partial charge in [0.2, 0.25) is 15.9 Å². The molecule has 1 amide bonds. The van der Waals surface area contributed by atoms with Gasteiger partial charge in [-0.2, -0.15) is 4.31 Å². The Morgan fingerprint density at radius 3 is 2.57 bits per heavy atom. The molecule has 0 bridgehead atoms. The summed E-state index contributed by atoms with van der Waals surface area (Å²) in [6.07, 6.45) is 1.38. The number of piperidine rings is 1. The number of aryl methyl sites for hydroxylation is 2. The van der Waals surface area contributed by atoms with Crippen molar-refractivity contribution in [3.8, 4) is 0 Å². The molecule has 2 aromatic rings. The molecule has 2 aromatic carbocycles. The lowest BCUT2D eigenvalue weighted by molar-refractivity contribution is -0.126. The van der Waals surface area contributed by atoms with E-state index >= 15 is 0 Å². The fourth-order valence-corrected chi connectivity index (χ4v) is 5.49. The maximum atomic E-state index is 13.2. The van der Waals surface area contributed by atoms with Crippen LogP contribution in [0.3, 0.4) is 0 Å². The number of benzene rings is 2. The lowest BCUT2D eigenvalue weighted by Crippen LogP contribution is -2.45. The van der Waals surface area contributed by atoms with Gasteiger partial charge in [-0.3, -0.25) is 4.79 Å². The number of amides is 1. The van der Waals surface area contributed by atoms with Gasteiger partial charge in [-0.05, 0) is 56.4 Å². The van der Waals surface area contributed by atoms with Crippen molar-refractivity contribution in [3.05, 3.63) is 65.2 Å². The Labute approximate surface area is 167 Å². The first-order valence-corrected chi connectivity index (χ1v) is 11.2. The summed E-state index contributed by atoms with van der Waals surface area (Å²) >= 11 is 0. The Kier molecular flexibility index (Phi) is 6.20. The van der Waals surface area contributed by atoms with Crippen molar-refractivity contribution in [2.24, 2.45) is 5.92 Å². The fraction of sp³-hybridized carbons (Fsp3) is 0.409. The van der Waals surface area contributed by atoms with E-state index in [9.17, 15) is 13.2 Å². The molecule has 5 nitrogen and oxygen atoms in total. The highest BCUT2D eigenvalue weighted by atomic mass is 32.2. The molecule has 0 aliphatic carbocycles. The SMILES string of the molecule is Cc1ccc(C)c(S(=O)(=O)N2CCC[C@@H](C(=O)N[C@@H](C)c3ccccc3)C2)c1. The highest BCUT2D eigenvalue weighted by molar-refractivity contribution is 7.89. The molecule has 0 aromatic heterocycles. The van der Waals surface area contributed by atoms with Gasteiger partial charge in [0.25, 0.3) is 0 Å². The smallest absolute Gasteiger partial charge is 0.243 e. The summed E-state index contributed by atoms with van der Waals surface area (Å²) in [4.78, 5) is 13.1. The summed E-state index contributed by atoms with van der Waals surface area (Å²) < 4.78 is 27.8. The molecule has 0 saturated carbocycles. The molecule has 1 aliphatic heterocycles. The van der Waals surface area contributed by atoms with Crippen molar-refractivity contribution in [1.29, 1.82) is 0 Å². The van der Waals surface area contributed by atoms with Crippen LogP contribution in [0.5, 0.6) is 0 Å². The summed E-state index contributed by atoms with van der Waals surface area (Å²) in [5.74, 6) is -0.419. The molecule has 3 rings (SSSR count). The first kappa shape index (κ1) is 20.6. The maximum absolute atomic E-state index is 13.2. The maximum Gasteiger partial charge on any atom is 0.243 e. The number of sulfonamides is 1. The summed E-state index contributed by atoms with van der Waals surface area (Å²) in [7, 11) is -3.61. The van der Waals surface area contributed by atoms with Crippen LogP contribution in [0.25, 0.3) is 0 Å². The molecule has 1 N–H and O–H groups in total. The van der Waals surface area contributed by atoms with Crippen LogP contribution in [0.2, 0.25) is 0 Å². The van der Waals surface area contributed by atoms with Crippen LogP contribution >= 0.6 is 0 Å². The minimum absolute atomic E-state index is 0.0859. The van der Waals surface area contributed by atoms with E-state index in [4.69, 9.17) is 0 Å². The Balaban J connectivity index is 1.73. The van der Waals surface area contributed by atoms with E-state index in [0.29, 0.717) is 24.3 Å². The van der Waals surface area contributed by atoms with Crippen LogP contribution in [-0.4, -0.2) is 31.7 Å². The summed E-state index contributed by atoms with van der Waals surface area (Å²) in [6.45, 7) is 6.31. The molecule has 0 radical (unpaired) electrons. The normalized spacial score (nSPS) is 19.2. The molecular formula is C22H28N2O3S. The molecule has 1 aliphatic rings. The zero-order chi connectivity index (χ0) is 20.3. The van der Waals surface area contributed by atoms with Crippen LogP contribution in [0, 0.1) is 19.8 Å². The van der Waals surface area contributed by atoms with E-state index in [-0.39, 0.29) is 24.4 Å². The molecule has 2 atom stereocenters. The molecule has 0 spiro atoms. The third-order valence-corrected chi connectivity index (χ3v) is 7.38. The van der Waals surface area contributed by atoms with Gasteiger partial charge in [0, 0.05) is 13.1 Å². The van der Waals surface area contributed by atoms with Gasteiger partial charge in [0.1, 0.15) is 0 Å². The van der Waals surface area contributed by atoms with E-state index in [2.05, 4.69) is 5.32 Å². The van der Waals surface area contributed by atoms with Crippen molar-refractivity contribution >= 4 is 15.9 Å².